The van der Waals surface area contributed by atoms with Crippen molar-refractivity contribution in [3.05, 3.63) is 108 Å². The van der Waals surface area contributed by atoms with E-state index in [1.807, 2.05) is 49.4 Å². The summed E-state index contributed by atoms with van der Waals surface area (Å²) in [5.41, 5.74) is 2.05. The summed E-state index contributed by atoms with van der Waals surface area (Å²) in [7, 11) is -3.58. The van der Waals surface area contributed by atoms with Crippen molar-refractivity contribution < 1.29 is 13.2 Å². The number of rotatable bonds is 7. The summed E-state index contributed by atoms with van der Waals surface area (Å²) in [6.07, 6.45) is 0. The Morgan fingerprint density at radius 1 is 0.812 bits per heavy atom. The number of sulfonamides is 1. The molecule has 4 aromatic rings. The first kappa shape index (κ1) is 21.7. The minimum atomic E-state index is -3.58. The van der Waals surface area contributed by atoms with E-state index in [1.165, 1.54) is 4.31 Å². The predicted octanol–water partition coefficient (Wildman–Crippen LogP) is 5.30. The van der Waals surface area contributed by atoms with E-state index in [0.29, 0.717) is 12.1 Å². The molecule has 0 spiro atoms. The lowest BCUT2D eigenvalue weighted by Crippen LogP contribution is -2.30. The molecule has 0 saturated carbocycles. The van der Waals surface area contributed by atoms with Crippen molar-refractivity contribution in [3.8, 4) is 0 Å². The highest BCUT2D eigenvalue weighted by Crippen LogP contribution is 2.21. The van der Waals surface area contributed by atoms with E-state index >= 15 is 0 Å². The van der Waals surface area contributed by atoms with Crippen molar-refractivity contribution in [1.29, 1.82) is 0 Å². The molecule has 4 aromatic carbocycles. The van der Waals surface area contributed by atoms with Crippen molar-refractivity contribution in [1.82, 2.24) is 4.31 Å². The Kier molecular flexibility index (Phi) is 6.35. The molecule has 0 saturated heterocycles. The number of anilines is 1. The van der Waals surface area contributed by atoms with E-state index in [2.05, 4.69) is 5.32 Å². The minimum absolute atomic E-state index is 0.212. The molecule has 0 aromatic heterocycles. The van der Waals surface area contributed by atoms with Crippen LogP contribution in [-0.4, -0.2) is 25.2 Å². The Morgan fingerprint density at radius 2 is 1.47 bits per heavy atom. The van der Waals surface area contributed by atoms with Crippen LogP contribution < -0.4 is 5.32 Å². The monoisotopic (exact) mass is 444 g/mol. The number of nitrogens with one attached hydrogen (secondary N) is 1. The van der Waals surface area contributed by atoms with Gasteiger partial charge in [-0.15, -0.1) is 0 Å². The fraction of sp³-hybridized carbons (Fsp3) is 0.115. The molecular formula is C26H24N2O3S. The van der Waals surface area contributed by atoms with Gasteiger partial charge in [0, 0.05) is 24.3 Å². The fourth-order valence-corrected chi connectivity index (χ4v) is 5.00. The highest BCUT2D eigenvalue weighted by Gasteiger charge is 2.23. The Bertz CT molecular complexity index is 1330. The van der Waals surface area contributed by atoms with Gasteiger partial charge in [0.05, 0.1) is 4.90 Å². The fourth-order valence-electron chi connectivity index (χ4n) is 3.54. The average Bonchev–Trinajstić information content (AvgIpc) is 2.83. The van der Waals surface area contributed by atoms with Crippen LogP contribution >= 0.6 is 0 Å². The van der Waals surface area contributed by atoms with Crippen LogP contribution in [0.15, 0.2) is 102 Å². The molecular weight excluding hydrogens is 420 g/mol. The lowest BCUT2D eigenvalue weighted by atomic mass is 10.1. The van der Waals surface area contributed by atoms with Crippen LogP contribution in [0.25, 0.3) is 10.8 Å². The molecule has 162 valence electrons. The molecule has 0 radical (unpaired) electrons. The summed E-state index contributed by atoms with van der Waals surface area (Å²) in [5.74, 6) is -0.212. The van der Waals surface area contributed by atoms with Gasteiger partial charge in [-0.1, -0.05) is 67.6 Å². The Hall–Kier alpha value is -3.48. The average molecular weight is 445 g/mol. The van der Waals surface area contributed by atoms with Gasteiger partial charge in [-0.05, 0) is 52.7 Å². The molecule has 0 atom stereocenters. The first-order chi connectivity index (χ1) is 15.5. The molecule has 0 fully saturated rings. The number of nitrogens with zero attached hydrogens (tertiary/aromatic N) is 1. The van der Waals surface area contributed by atoms with E-state index in [9.17, 15) is 13.2 Å². The molecule has 32 heavy (non-hydrogen) atoms. The molecule has 5 nitrogen and oxygen atoms in total. The van der Waals surface area contributed by atoms with E-state index in [0.717, 1.165) is 22.0 Å². The molecule has 0 aliphatic heterocycles. The predicted molar refractivity (Wildman–Crippen MR) is 128 cm³/mol. The van der Waals surface area contributed by atoms with Crippen LogP contribution in [0.1, 0.15) is 22.8 Å². The van der Waals surface area contributed by atoms with Gasteiger partial charge in [0.2, 0.25) is 10.0 Å². The number of hydrogen-bond donors (Lipinski definition) is 1. The molecule has 6 heteroatoms. The third-order valence-electron chi connectivity index (χ3n) is 5.32. The van der Waals surface area contributed by atoms with Crippen LogP contribution in [0.2, 0.25) is 0 Å². The standard InChI is InChI=1S/C26H24N2O3S/c1-2-28(32(30,31)25-10-4-3-5-11-25)19-20-12-14-22(15-13-20)26(29)27-24-17-16-21-8-6-7-9-23(21)18-24/h3-18H,2,19H2,1H3,(H,27,29). The van der Waals surface area contributed by atoms with Crippen LogP contribution in [0, 0.1) is 0 Å². The summed E-state index contributed by atoms with van der Waals surface area (Å²) in [6.45, 7) is 2.40. The van der Waals surface area contributed by atoms with Crippen molar-refractivity contribution in [2.45, 2.75) is 18.4 Å². The summed E-state index contributed by atoms with van der Waals surface area (Å²) < 4.78 is 27.2. The SMILES string of the molecule is CCN(Cc1ccc(C(=O)Nc2ccc3ccccc3c2)cc1)S(=O)(=O)c1ccccc1. The van der Waals surface area contributed by atoms with Gasteiger partial charge >= 0.3 is 0 Å². The highest BCUT2D eigenvalue weighted by molar-refractivity contribution is 7.89. The van der Waals surface area contributed by atoms with Crippen molar-refractivity contribution in [2.75, 3.05) is 11.9 Å². The zero-order chi connectivity index (χ0) is 22.6. The second-order valence-corrected chi connectivity index (χ2v) is 9.40. The van der Waals surface area contributed by atoms with Crippen LogP contribution in [0.4, 0.5) is 5.69 Å². The number of carbonyl (C=O) groups is 1. The normalized spacial score (nSPS) is 11.6. The lowest BCUT2D eigenvalue weighted by Gasteiger charge is -2.20. The van der Waals surface area contributed by atoms with E-state index in [1.54, 1.807) is 54.6 Å². The lowest BCUT2D eigenvalue weighted by molar-refractivity contribution is 0.102. The number of benzene rings is 4. The third kappa shape index (κ3) is 4.72. The van der Waals surface area contributed by atoms with E-state index < -0.39 is 10.0 Å². The quantitative estimate of drug-likeness (QED) is 0.420. The van der Waals surface area contributed by atoms with Gasteiger partial charge in [-0.2, -0.15) is 4.31 Å². The number of hydrogen-bond acceptors (Lipinski definition) is 3. The van der Waals surface area contributed by atoms with Crippen molar-refractivity contribution in [3.63, 3.8) is 0 Å². The Balaban J connectivity index is 1.46. The summed E-state index contributed by atoms with van der Waals surface area (Å²) >= 11 is 0. The second-order valence-electron chi connectivity index (χ2n) is 7.46. The van der Waals surface area contributed by atoms with Gasteiger partial charge in [0.15, 0.2) is 0 Å². The zero-order valence-electron chi connectivity index (χ0n) is 17.7. The molecule has 0 bridgehead atoms. The maximum absolute atomic E-state index is 12.9. The zero-order valence-corrected chi connectivity index (χ0v) is 18.5. The maximum atomic E-state index is 12.9. The van der Waals surface area contributed by atoms with Gasteiger partial charge in [-0.25, -0.2) is 8.42 Å². The largest absolute Gasteiger partial charge is 0.322 e. The minimum Gasteiger partial charge on any atom is -0.322 e. The number of amides is 1. The van der Waals surface area contributed by atoms with Crippen LogP contribution in [-0.2, 0) is 16.6 Å². The van der Waals surface area contributed by atoms with Gasteiger partial charge in [-0.3, -0.25) is 4.79 Å². The van der Waals surface area contributed by atoms with Crippen LogP contribution in [0.3, 0.4) is 0 Å². The van der Waals surface area contributed by atoms with Gasteiger partial charge in [0.25, 0.3) is 5.91 Å². The van der Waals surface area contributed by atoms with Crippen LogP contribution in [0.5, 0.6) is 0 Å². The molecule has 0 aliphatic carbocycles. The smallest absolute Gasteiger partial charge is 0.255 e. The summed E-state index contributed by atoms with van der Waals surface area (Å²) in [4.78, 5) is 12.9. The molecule has 4 rings (SSSR count). The first-order valence-electron chi connectivity index (χ1n) is 10.4. The molecule has 0 aliphatic rings. The number of carbonyl (C=O) groups excluding carboxylic acids is 1. The topological polar surface area (TPSA) is 66.5 Å². The summed E-state index contributed by atoms with van der Waals surface area (Å²) in [6, 6.07) is 29.2. The van der Waals surface area contributed by atoms with Gasteiger partial charge < -0.3 is 5.32 Å². The molecule has 1 amide bonds. The van der Waals surface area contributed by atoms with E-state index in [4.69, 9.17) is 0 Å². The maximum Gasteiger partial charge on any atom is 0.255 e. The Labute approximate surface area is 188 Å². The second kappa shape index (κ2) is 9.34. The number of fused-ring (bicyclic) bond motifs is 1. The highest BCUT2D eigenvalue weighted by atomic mass is 32.2. The molecule has 0 unspecified atom stereocenters. The van der Waals surface area contributed by atoms with Crippen molar-refractivity contribution >= 4 is 32.4 Å². The molecule has 0 heterocycles. The van der Waals surface area contributed by atoms with E-state index in [-0.39, 0.29) is 17.3 Å². The molecule has 1 N–H and O–H groups in total. The first-order valence-corrected chi connectivity index (χ1v) is 11.9. The Morgan fingerprint density at radius 3 is 2.16 bits per heavy atom. The third-order valence-corrected chi connectivity index (χ3v) is 7.25. The summed E-state index contributed by atoms with van der Waals surface area (Å²) in [5, 5.41) is 5.09. The van der Waals surface area contributed by atoms with Crippen molar-refractivity contribution in [2.24, 2.45) is 0 Å². The van der Waals surface area contributed by atoms with Gasteiger partial charge in [0.1, 0.15) is 0 Å².